The van der Waals surface area contributed by atoms with Crippen LogP contribution in [0.4, 0.5) is 0 Å². The fourth-order valence-electron chi connectivity index (χ4n) is 1.43. The van der Waals surface area contributed by atoms with E-state index in [4.69, 9.17) is 16.3 Å². The Hall–Kier alpha value is -1.47. The molecule has 1 nitrogen and oxygen atoms in total. The van der Waals surface area contributed by atoms with E-state index in [2.05, 4.69) is 6.92 Å². The van der Waals surface area contributed by atoms with Crippen molar-refractivity contribution in [3.8, 4) is 11.5 Å². The Labute approximate surface area is 101 Å². The third-order valence-corrected chi connectivity index (χ3v) is 2.53. The van der Waals surface area contributed by atoms with Crippen molar-refractivity contribution in [2.45, 2.75) is 6.92 Å². The smallest absolute Gasteiger partial charge is 0.146 e. The molecule has 2 heteroatoms. The minimum absolute atomic E-state index is 0.592. The van der Waals surface area contributed by atoms with Crippen LogP contribution < -0.4 is 4.74 Å². The molecule has 0 aliphatic rings. The van der Waals surface area contributed by atoms with E-state index < -0.39 is 0 Å². The Morgan fingerprint density at radius 2 is 1.94 bits per heavy atom. The molecule has 2 aromatic rings. The molecule has 16 heavy (non-hydrogen) atoms. The molecule has 81 valence electrons. The summed E-state index contributed by atoms with van der Waals surface area (Å²) in [4.78, 5) is 0. The van der Waals surface area contributed by atoms with Crippen molar-refractivity contribution in [1.82, 2.24) is 0 Å². The molecule has 0 aliphatic carbocycles. The van der Waals surface area contributed by atoms with Gasteiger partial charge in [0, 0.05) is 0 Å². The molecule has 0 spiro atoms. The molecule has 0 atom stereocenters. The van der Waals surface area contributed by atoms with E-state index in [-0.39, 0.29) is 0 Å². The van der Waals surface area contributed by atoms with Gasteiger partial charge >= 0.3 is 0 Å². The summed E-state index contributed by atoms with van der Waals surface area (Å²) < 4.78 is 5.70. The maximum absolute atomic E-state index is 6.03. The van der Waals surface area contributed by atoms with Gasteiger partial charge in [0.2, 0.25) is 0 Å². The summed E-state index contributed by atoms with van der Waals surface area (Å²) in [6.45, 7) is 5.86. The average molecular weight is 232 g/mol. The highest BCUT2D eigenvalue weighted by atomic mass is 35.5. The molecule has 0 fully saturated rings. The van der Waals surface area contributed by atoms with Crippen molar-refractivity contribution in [2.24, 2.45) is 0 Å². The molecule has 0 amide bonds. The maximum Gasteiger partial charge on any atom is 0.146 e. The summed E-state index contributed by atoms with van der Waals surface area (Å²) >= 11 is 6.03. The molecule has 0 saturated heterocycles. The molecule has 0 N–H and O–H groups in total. The highest BCUT2D eigenvalue weighted by Gasteiger charge is 2.03. The van der Waals surface area contributed by atoms with Crippen LogP contribution in [0.5, 0.6) is 11.5 Å². The SMILES string of the molecule is [CH2]c1ccc(Cl)c(Oc2cccc(C)c2)c1. The average Bonchev–Trinajstić information content (AvgIpc) is 2.24. The zero-order valence-electron chi connectivity index (χ0n) is 9.03. The molecule has 0 saturated carbocycles. The van der Waals surface area contributed by atoms with Crippen LogP contribution in [-0.4, -0.2) is 0 Å². The van der Waals surface area contributed by atoms with Crippen molar-refractivity contribution in [2.75, 3.05) is 0 Å². The van der Waals surface area contributed by atoms with Crippen molar-refractivity contribution in [3.05, 3.63) is 65.5 Å². The van der Waals surface area contributed by atoms with Crippen molar-refractivity contribution in [3.63, 3.8) is 0 Å². The molecule has 0 unspecified atom stereocenters. The fourth-order valence-corrected chi connectivity index (χ4v) is 1.59. The quantitative estimate of drug-likeness (QED) is 0.733. The summed E-state index contributed by atoms with van der Waals surface area (Å²) in [5, 5.41) is 0.592. The van der Waals surface area contributed by atoms with Crippen LogP contribution in [0.1, 0.15) is 11.1 Å². The molecule has 2 rings (SSSR count). The first-order chi connectivity index (χ1) is 7.65. The van der Waals surface area contributed by atoms with Gasteiger partial charge in [-0.05, 0) is 49.2 Å². The third-order valence-electron chi connectivity index (χ3n) is 2.21. The topological polar surface area (TPSA) is 9.23 Å². The van der Waals surface area contributed by atoms with E-state index in [0.29, 0.717) is 10.8 Å². The second-order valence-electron chi connectivity index (χ2n) is 3.68. The molecule has 2 aromatic carbocycles. The highest BCUT2D eigenvalue weighted by Crippen LogP contribution is 2.30. The van der Waals surface area contributed by atoms with Crippen LogP contribution >= 0.6 is 11.6 Å². The maximum atomic E-state index is 6.03. The molecular weight excluding hydrogens is 220 g/mol. The standard InChI is InChI=1S/C14H12ClO/c1-10-4-3-5-12(8-10)16-14-9-11(2)6-7-13(14)15/h3-9H,2H2,1H3. The molecule has 0 heterocycles. The summed E-state index contributed by atoms with van der Waals surface area (Å²) in [5.41, 5.74) is 2.03. The van der Waals surface area contributed by atoms with Gasteiger partial charge < -0.3 is 4.74 Å². The van der Waals surface area contributed by atoms with Crippen molar-refractivity contribution in [1.29, 1.82) is 0 Å². The summed E-state index contributed by atoms with van der Waals surface area (Å²) in [6, 6.07) is 13.3. The van der Waals surface area contributed by atoms with Crippen LogP contribution in [0.2, 0.25) is 5.02 Å². The number of aryl methyl sites for hydroxylation is 1. The lowest BCUT2D eigenvalue weighted by molar-refractivity contribution is 0.482. The van der Waals surface area contributed by atoms with E-state index >= 15 is 0 Å². The van der Waals surface area contributed by atoms with E-state index in [1.165, 1.54) is 0 Å². The first kappa shape index (κ1) is 11.0. The van der Waals surface area contributed by atoms with Crippen molar-refractivity contribution >= 4 is 11.6 Å². The summed E-state index contributed by atoms with van der Waals surface area (Å²) in [6.07, 6.45) is 0. The fraction of sp³-hybridized carbons (Fsp3) is 0.0714. The Morgan fingerprint density at radius 1 is 1.12 bits per heavy atom. The third kappa shape index (κ3) is 2.56. The van der Waals surface area contributed by atoms with Crippen LogP contribution in [0.25, 0.3) is 0 Å². The number of hydrogen-bond donors (Lipinski definition) is 0. The lowest BCUT2D eigenvalue weighted by Crippen LogP contribution is -1.86. The molecule has 1 radical (unpaired) electrons. The Balaban J connectivity index is 2.30. The minimum Gasteiger partial charge on any atom is -0.456 e. The van der Waals surface area contributed by atoms with Gasteiger partial charge in [0.05, 0.1) is 5.02 Å². The first-order valence-corrected chi connectivity index (χ1v) is 5.39. The normalized spacial score (nSPS) is 10.2. The zero-order chi connectivity index (χ0) is 11.5. The van der Waals surface area contributed by atoms with Crippen molar-refractivity contribution < 1.29 is 4.74 Å². The van der Waals surface area contributed by atoms with Crippen LogP contribution in [-0.2, 0) is 0 Å². The number of rotatable bonds is 2. The molecule has 0 aliphatic heterocycles. The van der Waals surface area contributed by atoms with Crippen LogP contribution in [0.3, 0.4) is 0 Å². The van der Waals surface area contributed by atoms with E-state index in [1.54, 1.807) is 6.07 Å². The summed E-state index contributed by atoms with van der Waals surface area (Å²) in [7, 11) is 0. The number of benzene rings is 2. The second kappa shape index (κ2) is 4.58. The van der Waals surface area contributed by atoms with Gasteiger partial charge in [0.25, 0.3) is 0 Å². The monoisotopic (exact) mass is 231 g/mol. The Bertz CT molecular complexity index is 506. The zero-order valence-corrected chi connectivity index (χ0v) is 9.79. The van der Waals surface area contributed by atoms with E-state index in [9.17, 15) is 0 Å². The van der Waals surface area contributed by atoms with Gasteiger partial charge in [-0.25, -0.2) is 0 Å². The Kier molecular flexibility index (Phi) is 3.16. The van der Waals surface area contributed by atoms with Gasteiger partial charge in [-0.2, -0.15) is 0 Å². The molecule has 0 bridgehead atoms. The predicted octanol–water partition coefficient (Wildman–Crippen LogP) is 4.62. The summed E-state index contributed by atoms with van der Waals surface area (Å²) in [5.74, 6) is 1.42. The minimum atomic E-state index is 0.592. The largest absolute Gasteiger partial charge is 0.456 e. The van der Waals surface area contributed by atoms with E-state index in [0.717, 1.165) is 16.9 Å². The van der Waals surface area contributed by atoms with Gasteiger partial charge in [-0.15, -0.1) is 0 Å². The number of halogens is 1. The van der Waals surface area contributed by atoms with Crippen LogP contribution in [0, 0.1) is 13.8 Å². The molecular formula is C14H12ClO. The first-order valence-electron chi connectivity index (χ1n) is 5.01. The molecule has 0 aromatic heterocycles. The van der Waals surface area contributed by atoms with Crippen LogP contribution in [0.15, 0.2) is 42.5 Å². The number of ether oxygens (including phenoxy) is 1. The van der Waals surface area contributed by atoms with Gasteiger partial charge in [0.15, 0.2) is 0 Å². The highest BCUT2D eigenvalue weighted by molar-refractivity contribution is 6.32. The Morgan fingerprint density at radius 3 is 2.69 bits per heavy atom. The predicted molar refractivity (Wildman–Crippen MR) is 67.2 cm³/mol. The van der Waals surface area contributed by atoms with E-state index in [1.807, 2.05) is 43.3 Å². The van der Waals surface area contributed by atoms with Gasteiger partial charge in [-0.1, -0.05) is 29.8 Å². The lowest BCUT2D eigenvalue weighted by atomic mass is 10.2. The second-order valence-corrected chi connectivity index (χ2v) is 4.09. The lowest BCUT2D eigenvalue weighted by Gasteiger charge is -2.08. The number of hydrogen-bond acceptors (Lipinski definition) is 1. The van der Waals surface area contributed by atoms with Gasteiger partial charge in [-0.3, -0.25) is 0 Å². The van der Waals surface area contributed by atoms with Gasteiger partial charge in [0.1, 0.15) is 11.5 Å².